The van der Waals surface area contributed by atoms with Crippen LogP contribution in [0, 0.1) is 5.41 Å². The van der Waals surface area contributed by atoms with Crippen molar-refractivity contribution in [2.45, 2.75) is 20.8 Å². The van der Waals surface area contributed by atoms with Crippen LogP contribution in [0.25, 0.3) is 6.08 Å². The smallest absolute Gasteiger partial charge is 0.183 e. The second-order valence-electron chi connectivity index (χ2n) is 5.76. The van der Waals surface area contributed by atoms with Crippen LogP contribution in [-0.2, 0) is 9.59 Å². The third kappa shape index (κ3) is 2.60. The number of carbonyl (C=O) groups excluding carboxylic acids is 2. The summed E-state index contributed by atoms with van der Waals surface area (Å²) in [6.45, 7) is 4.42. The fraction of sp³-hybridized carbons (Fsp3) is 0.222. The fourth-order valence-electron chi connectivity index (χ4n) is 2.35. The van der Waals surface area contributed by atoms with Gasteiger partial charge in [-0.15, -0.1) is 0 Å². The van der Waals surface area contributed by atoms with Gasteiger partial charge in [0.2, 0.25) is 0 Å². The lowest BCUT2D eigenvalue weighted by Gasteiger charge is -2.28. The van der Waals surface area contributed by atoms with Crippen LogP contribution in [-0.4, -0.2) is 21.8 Å². The Labute approximate surface area is 129 Å². The van der Waals surface area contributed by atoms with Crippen molar-refractivity contribution in [3.8, 4) is 0 Å². The van der Waals surface area contributed by atoms with Crippen molar-refractivity contribution in [1.29, 1.82) is 0 Å². The number of benzene rings is 1. The van der Waals surface area contributed by atoms with E-state index in [0.29, 0.717) is 0 Å². The van der Waals surface area contributed by atoms with E-state index in [0.717, 1.165) is 5.56 Å². The highest BCUT2D eigenvalue weighted by Crippen LogP contribution is 2.36. The Hall–Kier alpha value is -2.62. The van der Waals surface area contributed by atoms with Crippen molar-refractivity contribution < 1.29 is 19.8 Å². The molecule has 0 saturated heterocycles. The van der Waals surface area contributed by atoms with Crippen molar-refractivity contribution in [1.82, 2.24) is 0 Å². The second-order valence-corrected chi connectivity index (χ2v) is 5.76. The van der Waals surface area contributed by atoms with Crippen LogP contribution in [0.15, 0.2) is 59.1 Å². The molecule has 0 fully saturated rings. The molecule has 0 aromatic heterocycles. The van der Waals surface area contributed by atoms with Crippen LogP contribution in [0.3, 0.4) is 0 Å². The van der Waals surface area contributed by atoms with E-state index >= 15 is 0 Å². The van der Waals surface area contributed by atoms with E-state index in [-0.39, 0.29) is 16.9 Å². The van der Waals surface area contributed by atoms with E-state index < -0.39 is 22.7 Å². The van der Waals surface area contributed by atoms with E-state index in [9.17, 15) is 19.8 Å². The first-order chi connectivity index (χ1) is 10.3. The highest BCUT2D eigenvalue weighted by molar-refractivity contribution is 6.24. The van der Waals surface area contributed by atoms with Crippen LogP contribution >= 0.6 is 0 Å². The van der Waals surface area contributed by atoms with Crippen molar-refractivity contribution in [3.63, 3.8) is 0 Å². The number of hydrogen-bond acceptors (Lipinski definition) is 4. The predicted molar refractivity (Wildman–Crippen MR) is 84.3 cm³/mol. The van der Waals surface area contributed by atoms with Crippen LogP contribution in [0.1, 0.15) is 26.3 Å². The number of ketones is 2. The highest BCUT2D eigenvalue weighted by Gasteiger charge is 2.45. The van der Waals surface area contributed by atoms with Crippen LogP contribution < -0.4 is 0 Å². The quantitative estimate of drug-likeness (QED) is 0.497. The lowest BCUT2D eigenvalue weighted by atomic mass is 9.72. The summed E-state index contributed by atoms with van der Waals surface area (Å²) >= 11 is 0. The Bertz CT molecular complexity index is 719. The molecule has 0 bridgehead atoms. The lowest BCUT2D eigenvalue weighted by Crippen LogP contribution is -2.40. The van der Waals surface area contributed by atoms with Gasteiger partial charge in [-0.2, -0.15) is 0 Å². The standard InChI is InChI=1S/C18H18O4/c1-11-15(20)14(17(22)18(2,3)16(11)21)13(19)10-9-12-7-5-4-6-8-12/h4-10,19-20H,1-3H3. The third-order valence-electron chi connectivity index (χ3n) is 3.78. The Morgan fingerprint density at radius 3 is 2.27 bits per heavy atom. The zero-order chi connectivity index (χ0) is 16.5. The zero-order valence-electron chi connectivity index (χ0n) is 12.8. The molecule has 1 aliphatic carbocycles. The molecule has 114 valence electrons. The number of rotatable bonds is 2. The molecule has 4 heteroatoms. The first kappa shape index (κ1) is 15.8. The van der Waals surface area contributed by atoms with Crippen molar-refractivity contribution in [3.05, 3.63) is 64.6 Å². The summed E-state index contributed by atoms with van der Waals surface area (Å²) in [6, 6.07) is 9.24. The fourth-order valence-corrected chi connectivity index (χ4v) is 2.35. The Morgan fingerprint density at radius 1 is 1.09 bits per heavy atom. The number of carbonyl (C=O) groups is 2. The minimum atomic E-state index is -1.29. The van der Waals surface area contributed by atoms with Gasteiger partial charge in [0.15, 0.2) is 11.6 Å². The van der Waals surface area contributed by atoms with E-state index in [2.05, 4.69) is 0 Å². The molecule has 0 amide bonds. The molecule has 22 heavy (non-hydrogen) atoms. The molecular formula is C18H18O4. The van der Waals surface area contributed by atoms with Gasteiger partial charge in [-0.3, -0.25) is 9.59 Å². The van der Waals surface area contributed by atoms with Gasteiger partial charge in [-0.25, -0.2) is 0 Å². The lowest BCUT2D eigenvalue weighted by molar-refractivity contribution is -0.135. The van der Waals surface area contributed by atoms with E-state index in [1.807, 2.05) is 30.3 Å². The van der Waals surface area contributed by atoms with Crippen LogP contribution in [0.4, 0.5) is 0 Å². The number of aliphatic hydroxyl groups is 2. The molecule has 0 saturated carbocycles. The van der Waals surface area contributed by atoms with Gasteiger partial charge in [0.1, 0.15) is 17.1 Å². The molecule has 1 aromatic carbocycles. The molecular weight excluding hydrogens is 280 g/mol. The van der Waals surface area contributed by atoms with E-state index in [1.54, 1.807) is 6.08 Å². The maximum atomic E-state index is 12.4. The van der Waals surface area contributed by atoms with E-state index in [4.69, 9.17) is 0 Å². The molecule has 0 spiro atoms. The van der Waals surface area contributed by atoms with Crippen molar-refractivity contribution in [2.24, 2.45) is 5.41 Å². The van der Waals surface area contributed by atoms with Gasteiger partial charge in [0, 0.05) is 5.57 Å². The molecule has 0 atom stereocenters. The minimum Gasteiger partial charge on any atom is -0.507 e. The number of Topliss-reactive ketones (excluding diaryl/α,β-unsaturated/α-hetero) is 2. The molecule has 0 aliphatic heterocycles. The Balaban J connectivity index is 2.51. The predicted octanol–water partition coefficient (Wildman–Crippen LogP) is 3.52. The van der Waals surface area contributed by atoms with Gasteiger partial charge in [0.05, 0.1) is 5.41 Å². The van der Waals surface area contributed by atoms with Crippen molar-refractivity contribution >= 4 is 17.6 Å². The number of allylic oxidation sites excluding steroid dienone is 3. The maximum absolute atomic E-state index is 12.4. The summed E-state index contributed by atoms with van der Waals surface area (Å²) in [5.41, 5.74) is -0.581. The van der Waals surface area contributed by atoms with Gasteiger partial charge in [0.25, 0.3) is 0 Å². The first-order valence-electron chi connectivity index (χ1n) is 6.93. The van der Waals surface area contributed by atoms with Gasteiger partial charge >= 0.3 is 0 Å². The largest absolute Gasteiger partial charge is 0.507 e. The summed E-state index contributed by atoms with van der Waals surface area (Å²) in [7, 11) is 0. The summed E-state index contributed by atoms with van der Waals surface area (Å²) in [5.74, 6) is -1.83. The molecule has 4 nitrogen and oxygen atoms in total. The summed E-state index contributed by atoms with van der Waals surface area (Å²) < 4.78 is 0. The zero-order valence-corrected chi connectivity index (χ0v) is 12.8. The topological polar surface area (TPSA) is 74.6 Å². The van der Waals surface area contributed by atoms with Gasteiger partial charge < -0.3 is 10.2 Å². The molecule has 0 heterocycles. The number of aliphatic hydroxyl groups excluding tert-OH is 2. The molecule has 2 rings (SSSR count). The minimum absolute atomic E-state index is 0.0826. The summed E-state index contributed by atoms with van der Waals surface area (Å²) in [5, 5.41) is 20.2. The monoisotopic (exact) mass is 298 g/mol. The second kappa shape index (κ2) is 5.64. The maximum Gasteiger partial charge on any atom is 0.183 e. The van der Waals surface area contributed by atoms with Crippen LogP contribution in [0.5, 0.6) is 0 Å². The van der Waals surface area contributed by atoms with Crippen molar-refractivity contribution in [2.75, 3.05) is 0 Å². The summed E-state index contributed by atoms with van der Waals surface area (Å²) in [4.78, 5) is 24.5. The average molecular weight is 298 g/mol. The highest BCUT2D eigenvalue weighted by atomic mass is 16.3. The normalized spacial score (nSPS) is 20.7. The molecule has 0 unspecified atom stereocenters. The average Bonchev–Trinajstić information content (AvgIpc) is 2.51. The molecule has 0 radical (unpaired) electrons. The van der Waals surface area contributed by atoms with E-state index in [1.165, 1.54) is 26.8 Å². The SMILES string of the molecule is CC1=C(O)C(=C(O)C=Cc2ccccc2)C(=O)C(C)(C)C1=O. The molecule has 2 N–H and O–H groups in total. The van der Waals surface area contributed by atoms with Gasteiger partial charge in [-0.1, -0.05) is 36.4 Å². The Kier molecular flexibility index (Phi) is 4.04. The Morgan fingerprint density at radius 2 is 1.68 bits per heavy atom. The third-order valence-corrected chi connectivity index (χ3v) is 3.78. The molecule has 1 aliphatic rings. The molecule has 1 aromatic rings. The number of hydrogen-bond donors (Lipinski definition) is 2. The van der Waals surface area contributed by atoms with Crippen LogP contribution in [0.2, 0.25) is 0 Å². The van der Waals surface area contributed by atoms with Gasteiger partial charge in [-0.05, 0) is 32.4 Å². The first-order valence-corrected chi connectivity index (χ1v) is 6.93. The summed E-state index contributed by atoms with van der Waals surface area (Å²) in [6.07, 6.45) is 2.97.